The summed E-state index contributed by atoms with van der Waals surface area (Å²) >= 11 is 0. The van der Waals surface area contributed by atoms with Crippen LogP contribution in [0, 0.1) is 0 Å². The predicted octanol–water partition coefficient (Wildman–Crippen LogP) is 2.70. The zero-order valence-corrected chi connectivity index (χ0v) is 18.2. The van der Waals surface area contributed by atoms with E-state index in [4.69, 9.17) is 11.5 Å². The lowest BCUT2D eigenvalue weighted by molar-refractivity contribution is -0.133. The Balaban J connectivity index is 1.60. The first-order valence-electron chi connectivity index (χ1n) is 11.0. The first-order valence-corrected chi connectivity index (χ1v) is 11.0. The molecule has 1 aromatic heterocycles. The fraction of sp³-hybridized carbons (Fsp3) is 0.320. The summed E-state index contributed by atoms with van der Waals surface area (Å²) < 4.78 is 0. The van der Waals surface area contributed by atoms with Crippen molar-refractivity contribution in [2.45, 2.75) is 31.7 Å². The highest BCUT2D eigenvalue weighted by atomic mass is 16.2. The number of pyridine rings is 1. The molecule has 0 bridgehead atoms. The maximum absolute atomic E-state index is 12.9. The van der Waals surface area contributed by atoms with Crippen LogP contribution in [0.15, 0.2) is 66.9 Å². The maximum atomic E-state index is 12.9. The summed E-state index contributed by atoms with van der Waals surface area (Å²) in [5.74, 6) is -0.315. The third-order valence-corrected chi connectivity index (χ3v) is 5.34. The van der Waals surface area contributed by atoms with E-state index in [0.29, 0.717) is 44.6 Å². The van der Waals surface area contributed by atoms with Gasteiger partial charge in [-0.3, -0.25) is 14.6 Å². The normalized spacial score (nSPS) is 11.8. The van der Waals surface area contributed by atoms with E-state index in [1.807, 2.05) is 60.7 Å². The Hall–Kier alpha value is -3.29. The largest absolute Gasteiger partial charge is 0.341 e. The Bertz CT molecular complexity index is 1030. The molecule has 0 aliphatic carbocycles. The van der Waals surface area contributed by atoms with E-state index in [-0.39, 0.29) is 18.2 Å². The van der Waals surface area contributed by atoms with Crippen molar-refractivity contribution < 1.29 is 9.59 Å². The lowest BCUT2D eigenvalue weighted by atomic mass is 10.1. The van der Waals surface area contributed by atoms with Gasteiger partial charge in [0.1, 0.15) is 0 Å². The first kappa shape index (κ1) is 23.4. The van der Waals surface area contributed by atoms with Crippen LogP contribution >= 0.6 is 0 Å². The number of carbonyl (C=O) groups is 2. The van der Waals surface area contributed by atoms with Crippen LogP contribution in [0.1, 0.15) is 24.8 Å². The van der Waals surface area contributed by atoms with E-state index < -0.39 is 6.04 Å². The number of nitrogens with zero attached hydrogens (tertiary/aromatic N) is 2. The van der Waals surface area contributed by atoms with Gasteiger partial charge in [-0.25, -0.2) is 0 Å². The smallest absolute Gasteiger partial charge is 0.239 e. The van der Waals surface area contributed by atoms with Gasteiger partial charge < -0.3 is 21.7 Å². The fourth-order valence-corrected chi connectivity index (χ4v) is 3.54. The Labute approximate surface area is 188 Å². The molecular formula is C25H31N5O2. The van der Waals surface area contributed by atoms with Crippen molar-refractivity contribution >= 4 is 28.4 Å². The van der Waals surface area contributed by atoms with Gasteiger partial charge in [-0.15, -0.1) is 0 Å². The minimum atomic E-state index is -0.609. The lowest BCUT2D eigenvalue weighted by Crippen LogP contribution is -2.45. The molecule has 0 saturated carbocycles. The van der Waals surface area contributed by atoms with E-state index in [1.54, 1.807) is 11.1 Å². The average Bonchev–Trinajstić information content (AvgIpc) is 2.82. The molecular weight excluding hydrogens is 402 g/mol. The second-order valence-corrected chi connectivity index (χ2v) is 7.81. The summed E-state index contributed by atoms with van der Waals surface area (Å²) in [7, 11) is 0. The van der Waals surface area contributed by atoms with Crippen molar-refractivity contribution in [3.8, 4) is 0 Å². The summed E-state index contributed by atoms with van der Waals surface area (Å²) in [6, 6.07) is 19.0. The average molecular weight is 434 g/mol. The van der Waals surface area contributed by atoms with Gasteiger partial charge in [-0.05, 0) is 43.5 Å². The van der Waals surface area contributed by atoms with Crippen molar-refractivity contribution in [2.24, 2.45) is 11.5 Å². The number of fused-ring (bicyclic) bond motifs is 1. The number of amides is 2. The van der Waals surface area contributed by atoms with E-state index in [1.165, 1.54) is 0 Å². The second-order valence-electron chi connectivity index (χ2n) is 7.81. The quantitative estimate of drug-likeness (QED) is 0.430. The van der Waals surface area contributed by atoms with Gasteiger partial charge in [0.05, 0.1) is 23.4 Å². The number of carbonyl (C=O) groups excluding carboxylic acids is 2. The minimum absolute atomic E-state index is 0.144. The van der Waals surface area contributed by atoms with Crippen molar-refractivity contribution in [2.75, 3.05) is 25.0 Å². The van der Waals surface area contributed by atoms with Gasteiger partial charge in [-0.1, -0.05) is 48.5 Å². The maximum Gasteiger partial charge on any atom is 0.239 e. The molecule has 2 amide bonds. The summed E-state index contributed by atoms with van der Waals surface area (Å²) in [4.78, 5) is 31.5. The van der Waals surface area contributed by atoms with Crippen molar-refractivity contribution in [1.82, 2.24) is 9.88 Å². The van der Waals surface area contributed by atoms with Gasteiger partial charge in [0.2, 0.25) is 11.8 Å². The molecule has 0 saturated heterocycles. The molecule has 3 aromatic rings. The molecule has 0 fully saturated rings. The molecule has 0 unspecified atom stereocenters. The Morgan fingerprint density at radius 2 is 1.78 bits per heavy atom. The number of benzene rings is 2. The molecule has 0 spiro atoms. The number of nitrogens with two attached hydrogens (primary N) is 2. The molecule has 0 aliphatic rings. The van der Waals surface area contributed by atoms with Gasteiger partial charge >= 0.3 is 0 Å². The lowest BCUT2D eigenvalue weighted by Gasteiger charge is -2.26. The van der Waals surface area contributed by atoms with Crippen LogP contribution in [-0.2, 0) is 16.0 Å². The number of para-hydroxylation sites is 1. The third-order valence-electron chi connectivity index (χ3n) is 5.34. The van der Waals surface area contributed by atoms with Crippen LogP contribution in [0.25, 0.3) is 10.9 Å². The molecule has 2 aromatic carbocycles. The molecule has 7 nitrogen and oxygen atoms in total. The Kier molecular flexibility index (Phi) is 8.71. The Morgan fingerprint density at radius 1 is 1.03 bits per heavy atom. The van der Waals surface area contributed by atoms with Crippen molar-refractivity contribution in [3.63, 3.8) is 0 Å². The number of aromatic nitrogens is 1. The topological polar surface area (TPSA) is 114 Å². The van der Waals surface area contributed by atoms with Crippen LogP contribution in [0.4, 0.5) is 5.69 Å². The highest BCUT2D eigenvalue weighted by Crippen LogP contribution is 2.16. The zero-order valence-electron chi connectivity index (χ0n) is 18.2. The number of anilines is 1. The summed E-state index contributed by atoms with van der Waals surface area (Å²) in [5.41, 5.74) is 14.3. The predicted molar refractivity (Wildman–Crippen MR) is 128 cm³/mol. The summed E-state index contributed by atoms with van der Waals surface area (Å²) in [5, 5.41) is 3.83. The van der Waals surface area contributed by atoms with E-state index in [2.05, 4.69) is 10.3 Å². The van der Waals surface area contributed by atoms with Crippen molar-refractivity contribution in [1.29, 1.82) is 0 Å². The SMILES string of the molecule is NCCC[C@@H](N)C(=O)N(CCC(=O)Nc1cnc2ccccc2c1)CCc1ccccc1. The van der Waals surface area contributed by atoms with Gasteiger partial charge in [0.15, 0.2) is 0 Å². The molecule has 1 heterocycles. The summed E-state index contributed by atoms with van der Waals surface area (Å²) in [6.45, 7) is 1.30. The standard InChI is InChI=1S/C25H31N5O2/c26-14-6-10-22(27)25(32)30(15-12-19-7-2-1-3-8-19)16-13-24(31)29-21-17-20-9-4-5-11-23(20)28-18-21/h1-5,7-9,11,17-18,22H,6,10,12-16,26-27H2,(H,29,31)/t22-/m1/s1. The van der Waals surface area contributed by atoms with Crippen LogP contribution in [0.5, 0.6) is 0 Å². The van der Waals surface area contributed by atoms with Gasteiger partial charge in [0, 0.05) is 24.9 Å². The number of rotatable bonds is 11. The van der Waals surface area contributed by atoms with E-state index in [0.717, 1.165) is 16.5 Å². The molecule has 7 heteroatoms. The summed E-state index contributed by atoms with van der Waals surface area (Å²) in [6.07, 6.45) is 3.74. The minimum Gasteiger partial charge on any atom is -0.341 e. The number of hydrogen-bond donors (Lipinski definition) is 3. The highest BCUT2D eigenvalue weighted by molar-refractivity contribution is 5.93. The monoisotopic (exact) mass is 433 g/mol. The van der Waals surface area contributed by atoms with E-state index >= 15 is 0 Å². The highest BCUT2D eigenvalue weighted by Gasteiger charge is 2.21. The number of nitrogens with one attached hydrogen (secondary N) is 1. The van der Waals surface area contributed by atoms with Crippen LogP contribution in [0.3, 0.4) is 0 Å². The van der Waals surface area contributed by atoms with Crippen LogP contribution < -0.4 is 16.8 Å². The van der Waals surface area contributed by atoms with Crippen LogP contribution in [0.2, 0.25) is 0 Å². The first-order chi connectivity index (χ1) is 15.6. The Morgan fingerprint density at radius 3 is 2.56 bits per heavy atom. The molecule has 0 aliphatic heterocycles. The molecule has 168 valence electrons. The molecule has 0 radical (unpaired) electrons. The van der Waals surface area contributed by atoms with Gasteiger partial charge in [-0.2, -0.15) is 0 Å². The molecule has 3 rings (SSSR count). The molecule has 32 heavy (non-hydrogen) atoms. The molecule has 1 atom stereocenters. The zero-order chi connectivity index (χ0) is 22.8. The van der Waals surface area contributed by atoms with Gasteiger partial charge in [0.25, 0.3) is 0 Å². The second kappa shape index (κ2) is 11.9. The van der Waals surface area contributed by atoms with E-state index in [9.17, 15) is 9.59 Å². The third kappa shape index (κ3) is 6.87. The molecule has 5 N–H and O–H groups in total. The fourth-order valence-electron chi connectivity index (χ4n) is 3.54. The van der Waals surface area contributed by atoms with Crippen LogP contribution in [-0.4, -0.2) is 47.4 Å². The number of hydrogen-bond acceptors (Lipinski definition) is 5. The van der Waals surface area contributed by atoms with Crippen molar-refractivity contribution in [3.05, 3.63) is 72.4 Å².